The maximum absolute atomic E-state index is 12.1. The molecule has 0 aromatic carbocycles. The van der Waals surface area contributed by atoms with Crippen LogP contribution in [0.1, 0.15) is 33.6 Å². The Bertz CT molecular complexity index is 339. The average Bonchev–Trinajstić information content (AvgIpc) is 2.25. The Hall–Kier alpha value is -1.03. The molecule has 2 heterocycles. The van der Waals surface area contributed by atoms with Crippen LogP contribution in [0, 0.1) is 5.41 Å². The smallest absolute Gasteiger partial charge is 0.410 e. The molecule has 2 saturated heterocycles. The molecular weight excluding hydrogens is 230 g/mol. The second kappa shape index (κ2) is 4.57. The predicted molar refractivity (Wildman–Crippen MR) is 69.4 cm³/mol. The van der Waals surface area contributed by atoms with Gasteiger partial charge in [-0.3, -0.25) is 0 Å². The van der Waals surface area contributed by atoms with Crippen LogP contribution < -0.4 is 0 Å². The third kappa shape index (κ3) is 2.39. The van der Waals surface area contributed by atoms with Crippen molar-refractivity contribution in [3.63, 3.8) is 0 Å². The van der Waals surface area contributed by atoms with Crippen LogP contribution in [0.5, 0.6) is 0 Å². The molecule has 2 fully saturated rings. The van der Waals surface area contributed by atoms with Crippen LogP contribution in [0.15, 0.2) is 12.7 Å². The van der Waals surface area contributed by atoms with E-state index in [1.807, 2.05) is 26.8 Å². The zero-order valence-electron chi connectivity index (χ0n) is 11.6. The van der Waals surface area contributed by atoms with Gasteiger partial charge in [-0.2, -0.15) is 0 Å². The minimum absolute atomic E-state index is 0.0937. The topological polar surface area (TPSA) is 38.8 Å². The largest absolute Gasteiger partial charge is 0.444 e. The third-order valence-electron chi connectivity index (χ3n) is 3.79. The van der Waals surface area contributed by atoms with Gasteiger partial charge < -0.3 is 14.4 Å². The van der Waals surface area contributed by atoms with Crippen molar-refractivity contribution in [1.29, 1.82) is 0 Å². The molecule has 102 valence electrons. The summed E-state index contributed by atoms with van der Waals surface area (Å²) in [5.74, 6) is 0. The van der Waals surface area contributed by atoms with Gasteiger partial charge in [0.2, 0.25) is 0 Å². The van der Waals surface area contributed by atoms with E-state index >= 15 is 0 Å². The van der Waals surface area contributed by atoms with Gasteiger partial charge in [0.05, 0.1) is 6.04 Å². The highest BCUT2D eigenvalue weighted by Gasteiger charge is 2.54. The van der Waals surface area contributed by atoms with Gasteiger partial charge >= 0.3 is 6.09 Å². The summed E-state index contributed by atoms with van der Waals surface area (Å²) >= 11 is 0. The summed E-state index contributed by atoms with van der Waals surface area (Å²) in [4.78, 5) is 13.8. The quantitative estimate of drug-likeness (QED) is 0.674. The molecule has 4 heteroatoms. The fourth-order valence-electron chi connectivity index (χ4n) is 2.86. The van der Waals surface area contributed by atoms with Gasteiger partial charge in [0, 0.05) is 25.2 Å². The normalized spacial score (nSPS) is 26.6. The number of carbonyl (C=O) groups excluding carboxylic acids is 1. The summed E-state index contributed by atoms with van der Waals surface area (Å²) in [5.41, 5.74) is -0.266. The zero-order valence-corrected chi connectivity index (χ0v) is 11.6. The van der Waals surface area contributed by atoms with Crippen molar-refractivity contribution in [2.45, 2.75) is 45.3 Å². The van der Waals surface area contributed by atoms with Crippen LogP contribution in [0.25, 0.3) is 0 Å². The molecule has 0 aromatic rings. The van der Waals surface area contributed by atoms with Crippen LogP contribution in [0.3, 0.4) is 0 Å². The zero-order chi connectivity index (χ0) is 13.4. The van der Waals surface area contributed by atoms with E-state index in [-0.39, 0.29) is 17.6 Å². The Morgan fingerprint density at radius 3 is 2.56 bits per heavy atom. The molecule has 1 spiro atoms. The number of ether oxygens (including phenoxy) is 2. The van der Waals surface area contributed by atoms with Crippen molar-refractivity contribution in [1.82, 2.24) is 4.90 Å². The molecular formula is C14H23NO3. The van der Waals surface area contributed by atoms with E-state index in [9.17, 15) is 4.79 Å². The molecule has 0 N–H and O–H groups in total. The second-order valence-electron chi connectivity index (χ2n) is 6.26. The van der Waals surface area contributed by atoms with Gasteiger partial charge in [-0.05, 0) is 33.6 Å². The summed E-state index contributed by atoms with van der Waals surface area (Å²) in [7, 11) is 0. The van der Waals surface area contributed by atoms with Crippen LogP contribution in [0.2, 0.25) is 0 Å². The van der Waals surface area contributed by atoms with E-state index in [1.54, 1.807) is 4.90 Å². The van der Waals surface area contributed by atoms with E-state index in [4.69, 9.17) is 9.47 Å². The monoisotopic (exact) mass is 253 g/mol. The number of hydrogen-bond acceptors (Lipinski definition) is 3. The Morgan fingerprint density at radius 1 is 1.44 bits per heavy atom. The van der Waals surface area contributed by atoms with Crippen molar-refractivity contribution in [3.8, 4) is 0 Å². The van der Waals surface area contributed by atoms with E-state index in [2.05, 4.69) is 6.58 Å². The Labute approximate surface area is 109 Å². The number of amides is 1. The SMILES string of the molecule is C=CC1N(C(=O)OC(C)(C)C)CC12CCOCC2. The molecule has 4 nitrogen and oxygen atoms in total. The first-order chi connectivity index (χ1) is 8.38. The molecule has 1 amide bonds. The fourth-order valence-corrected chi connectivity index (χ4v) is 2.86. The molecule has 0 bridgehead atoms. The van der Waals surface area contributed by atoms with Gasteiger partial charge in [0.25, 0.3) is 0 Å². The van der Waals surface area contributed by atoms with Crippen LogP contribution in [0.4, 0.5) is 4.79 Å². The van der Waals surface area contributed by atoms with Gasteiger partial charge in [-0.25, -0.2) is 4.79 Å². The summed E-state index contributed by atoms with van der Waals surface area (Å²) in [6, 6.07) is 0.0937. The molecule has 18 heavy (non-hydrogen) atoms. The Balaban J connectivity index is 2.01. The molecule has 1 atom stereocenters. The second-order valence-corrected chi connectivity index (χ2v) is 6.26. The lowest BCUT2D eigenvalue weighted by Gasteiger charge is -2.57. The van der Waals surface area contributed by atoms with Gasteiger partial charge in [-0.1, -0.05) is 6.08 Å². The predicted octanol–water partition coefficient (Wildman–Crippen LogP) is 2.59. The summed E-state index contributed by atoms with van der Waals surface area (Å²) in [6.45, 7) is 11.9. The highest BCUT2D eigenvalue weighted by Crippen LogP contribution is 2.46. The molecule has 2 aliphatic heterocycles. The van der Waals surface area contributed by atoms with Gasteiger partial charge in [0.15, 0.2) is 0 Å². The summed E-state index contributed by atoms with van der Waals surface area (Å²) in [5, 5.41) is 0. The van der Waals surface area contributed by atoms with Gasteiger partial charge in [0.1, 0.15) is 5.60 Å². The molecule has 0 radical (unpaired) electrons. The number of rotatable bonds is 1. The molecule has 1 unspecified atom stereocenters. The van der Waals surface area contributed by atoms with Crippen LogP contribution in [-0.2, 0) is 9.47 Å². The third-order valence-corrected chi connectivity index (χ3v) is 3.79. The minimum atomic E-state index is -0.443. The lowest BCUT2D eigenvalue weighted by molar-refractivity contribution is -0.111. The number of likely N-dealkylation sites (tertiary alicyclic amines) is 1. The van der Waals surface area contributed by atoms with Crippen molar-refractivity contribution < 1.29 is 14.3 Å². The molecule has 0 saturated carbocycles. The number of nitrogens with zero attached hydrogens (tertiary/aromatic N) is 1. The van der Waals surface area contributed by atoms with Crippen molar-refractivity contribution in [2.75, 3.05) is 19.8 Å². The first-order valence-corrected chi connectivity index (χ1v) is 6.58. The van der Waals surface area contributed by atoms with Crippen molar-refractivity contribution >= 4 is 6.09 Å². The maximum atomic E-state index is 12.1. The summed E-state index contributed by atoms with van der Waals surface area (Å²) < 4.78 is 10.8. The highest BCUT2D eigenvalue weighted by molar-refractivity contribution is 5.70. The van der Waals surface area contributed by atoms with E-state index < -0.39 is 5.60 Å². The van der Waals surface area contributed by atoms with Crippen LogP contribution in [-0.4, -0.2) is 42.4 Å². The van der Waals surface area contributed by atoms with Gasteiger partial charge in [-0.15, -0.1) is 6.58 Å². The Morgan fingerprint density at radius 2 is 2.06 bits per heavy atom. The summed E-state index contributed by atoms with van der Waals surface area (Å²) in [6.07, 6.45) is 3.65. The lowest BCUT2D eigenvalue weighted by Crippen LogP contribution is -2.67. The van der Waals surface area contributed by atoms with Crippen LogP contribution >= 0.6 is 0 Å². The fraction of sp³-hybridized carbons (Fsp3) is 0.786. The number of hydrogen-bond donors (Lipinski definition) is 0. The molecule has 0 aliphatic carbocycles. The molecule has 2 rings (SSSR count). The first kappa shape index (κ1) is 13.4. The van der Waals surface area contributed by atoms with Crippen molar-refractivity contribution in [2.24, 2.45) is 5.41 Å². The lowest BCUT2D eigenvalue weighted by atomic mass is 9.66. The average molecular weight is 253 g/mol. The molecule has 0 aromatic heterocycles. The Kier molecular flexibility index (Phi) is 3.41. The van der Waals surface area contributed by atoms with Crippen molar-refractivity contribution in [3.05, 3.63) is 12.7 Å². The standard InChI is InChI=1S/C14H23NO3/c1-5-11-14(6-8-17-9-7-14)10-15(11)12(16)18-13(2,3)4/h5,11H,1,6-10H2,2-4H3. The highest BCUT2D eigenvalue weighted by atomic mass is 16.6. The van der Waals surface area contributed by atoms with E-state index in [1.165, 1.54) is 0 Å². The minimum Gasteiger partial charge on any atom is -0.444 e. The maximum Gasteiger partial charge on any atom is 0.410 e. The van der Waals surface area contributed by atoms with E-state index in [0.29, 0.717) is 0 Å². The number of carbonyl (C=O) groups is 1. The first-order valence-electron chi connectivity index (χ1n) is 6.58. The molecule has 2 aliphatic rings. The van der Waals surface area contributed by atoms with E-state index in [0.717, 1.165) is 32.6 Å².